The van der Waals surface area contributed by atoms with Crippen LogP contribution in [0.1, 0.15) is 38.2 Å². The zero-order valence-electron chi connectivity index (χ0n) is 18.9. The van der Waals surface area contributed by atoms with E-state index in [0.29, 0.717) is 0 Å². The summed E-state index contributed by atoms with van der Waals surface area (Å²) in [6, 6.07) is 6.15. The predicted octanol–water partition coefficient (Wildman–Crippen LogP) is 3.52. The van der Waals surface area contributed by atoms with Gasteiger partial charge in [0.05, 0.1) is 24.4 Å². The minimum atomic E-state index is -0.222. The largest absolute Gasteiger partial charge is 0.497 e. The van der Waals surface area contributed by atoms with E-state index in [9.17, 15) is 5.11 Å². The van der Waals surface area contributed by atoms with Crippen molar-refractivity contribution in [1.29, 1.82) is 0 Å². The predicted molar refractivity (Wildman–Crippen MR) is 125 cm³/mol. The topological polar surface area (TPSA) is 60.9 Å². The first-order valence-corrected chi connectivity index (χ1v) is 11.4. The van der Waals surface area contributed by atoms with Crippen LogP contribution in [-0.2, 0) is 0 Å². The van der Waals surface area contributed by atoms with Crippen LogP contribution in [0.15, 0.2) is 24.4 Å². The maximum absolute atomic E-state index is 9.51. The fraction of sp³-hybridized carbons (Fsp3) is 0.625. The first-order chi connectivity index (χ1) is 14.6. The van der Waals surface area contributed by atoms with Gasteiger partial charge in [-0.2, -0.15) is 0 Å². The standard InChI is InChI=1S/C24H38N4O2/c1-19-8-10-26-24-22(19)16-21(30-3)17-23(24)25-9-6-4-5-7-11-27-12-14-28(15-13-27)18-20(2)29/h8,10,16-17,20,25,29H,4-7,9,11-15,18H2,1-3H3. The highest BCUT2D eigenvalue weighted by Gasteiger charge is 2.17. The van der Waals surface area contributed by atoms with Crippen LogP contribution in [0.2, 0.25) is 0 Å². The number of anilines is 1. The van der Waals surface area contributed by atoms with Gasteiger partial charge in [-0.25, -0.2) is 0 Å². The number of nitrogens with zero attached hydrogens (tertiary/aromatic N) is 3. The van der Waals surface area contributed by atoms with E-state index in [2.05, 4.69) is 33.1 Å². The Hall–Kier alpha value is -1.89. The summed E-state index contributed by atoms with van der Waals surface area (Å²) in [6.45, 7) is 11.4. The van der Waals surface area contributed by atoms with Gasteiger partial charge >= 0.3 is 0 Å². The van der Waals surface area contributed by atoms with Crippen molar-refractivity contribution in [1.82, 2.24) is 14.8 Å². The molecule has 1 aromatic heterocycles. The van der Waals surface area contributed by atoms with Gasteiger partial charge in [-0.05, 0) is 50.9 Å². The third-order valence-electron chi connectivity index (χ3n) is 5.98. The number of aromatic nitrogens is 1. The lowest BCUT2D eigenvalue weighted by atomic mass is 10.1. The number of hydrogen-bond donors (Lipinski definition) is 2. The molecule has 0 spiro atoms. The first kappa shape index (κ1) is 22.8. The van der Waals surface area contributed by atoms with E-state index in [0.717, 1.165) is 68.0 Å². The van der Waals surface area contributed by atoms with Crippen molar-refractivity contribution < 1.29 is 9.84 Å². The Labute approximate surface area is 181 Å². The smallest absolute Gasteiger partial charge is 0.121 e. The summed E-state index contributed by atoms with van der Waals surface area (Å²) in [4.78, 5) is 9.51. The minimum Gasteiger partial charge on any atom is -0.497 e. The van der Waals surface area contributed by atoms with Crippen molar-refractivity contribution in [3.8, 4) is 5.75 Å². The molecule has 2 N–H and O–H groups in total. The van der Waals surface area contributed by atoms with Crippen LogP contribution in [0.4, 0.5) is 5.69 Å². The van der Waals surface area contributed by atoms with Gasteiger partial charge in [0, 0.05) is 56.9 Å². The molecule has 1 aliphatic rings. The Morgan fingerprint density at radius 1 is 1.10 bits per heavy atom. The number of fused-ring (bicyclic) bond motifs is 1. The molecule has 2 heterocycles. The second-order valence-electron chi connectivity index (χ2n) is 8.53. The van der Waals surface area contributed by atoms with Crippen molar-refractivity contribution in [2.75, 3.05) is 58.2 Å². The van der Waals surface area contributed by atoms with Crippen LogP contribution >= 0.6 is 0 Å². The minimum absolute atomic E-state index is 0.222. The number of β-amino-alcohol motifs (C(OH)–C–C–N with tert-alkyl or cyclic N) is 1. The lowest BCUT2D eigenvalue weighted by Crippen LogP contribution is -2.48. The van der Waals surface area contributed by atoms with E-state index in [-0.39, 0.29) is 6.10 Å². The summed E-state index contributed by atoms with van der Waals surface area (Å²) >= 11 is 0. The highest BCUT2D eigenvalue weighted by atomic mass is 16.5. The second-order valence-corrected chi connectivity index (χ2v) is 8.53. The Bertz CT molecular complexity index is 788. The molecule has 3 rings (SSSR count). The van der Waals surface area contributed by atoms with Gasteiger partial charge in [0.2, 0.25) is 0 Å². The number of methoxy groups -OCH3 is 1. The zero-order chi connectivity index (χ0) is 21.3. The maximum atomic E-state index is 9.51. The quantitative estimate of drug-likeness (QED) is 0.549. The molecular weight excluding hydrogens is 376 g/mol. The molecule has 1 atom stereocenters. The van der Waals surface area contributed by atoms with Crippen molar-refractivity contribution in [3.05, 3.63) is 30.0 Å². The van der Waals surface area contributed by atoms with Crippen molar-refractivity contribution in [2.24, 2.45) is 0 Å². The Kier molecular flexibility index (Phi) is 8.73. The van der Waals surface area contributed by atoms with Crippen molar-refractivity contribution in [2.45, 2.75) is 45.6 Å². The third-order valence-corrected chi connectivity index (χ3v) is 5.98. The lowest BCUT2D eigenvalue weighted by molar-refractivity contribution is 0.0801. The van der Waals surface area contributed by atoms with E-state index in [1.54, 1.807) is 7.11 Å². The Balaban J connectivity index is 1.34. The number of nitrogens with one attached hydrogen (secondary N) is 1. The normalized spacial score (nSPS) is 16.7. The zero-order valence-corrected chi connectivity index (χ0v) is 18.9. The molecule has 30 heavy (non-hydrogen) atoms. The number of aliphatic hydroxyl groups is 1. The number of rotatable bonds is 11. The molecule has 0 radical (unpaired) electrons. The molecule has 1 aliphatic heterocycles. The van der Waals surface area contributed by atoms with Crippen LogP contribution in [0.25, 0.3) is 10.9 Å². The molecule has 6 nitrogen and oxygen atoms in total. The highest BCUT2D eigenvalue weighted by molar-refractivity contribution is 5.93. The van der Waals surface area contributed by atoms with Crippen molar-refractivity contribution >= 4 is 16.6 Å². The third kappa shape index (κ3) is 6.56. The number of aliphatic hydroxyl groups excluding tert-OH is 1. The van der Waals surface area contributed by atoms with Crippen LogP contribution in [0, 0.1) is 6.92 Å². The maximum Gasteiger partial charge on any atom is 0.121 e. The fourth-order valence-corrected chi connectivity index (χ4v) is 4.22. The van der Waals surface area contributed by atoms with E-state index < -0.39 is 0 Å². The van der Waals surface area contributed by atoms with E-state index in [4.69, 9.17) is 4.74 Å². The fourth-order valence-electron chi connectivity index (χ4n) is 4.22. The lowest BCUT2D eigenvalue weighted by Gasteiger charge is -2.35. The molecule has 1 saturated heterocycles. The van der Waals surface area contributed by atoms with Gasteiger partial charge in [0.1, 0.15) is 5.75 Å². The summed E-state index contributed by atoms with van der Waals surface area (Å²) < 4.78 is 5.47. The van der Waals surface area contributed by atoms with Crippen LogP contribution < -0.4 is 10.1 Å². The molecule has 1 aromatic carbocycles. The number of benzene rings is 1. The van der Waals surface area contributed by atoms with Gasteiger partial charge in [-0.15, -0.1) is 0 Å². The van der Waals surface area contributed by atoms with Crippen LogP contribution in [0.5, 0.6) is 5.75 Å². The molecule has 1 fully saturated rings. The van der Waals surface area contributed by atoms with Crippen molar-refractivity contribution in [3.63, 3.8) is 0 Å². The van der Waals surface area contributed by atoms with Gasteiger partial charge in [-0.3, -0.25) is 9.88 Å². The Morgan fingerprint density at radius 3 is 2.57 bits per heavy atom. The molecule has 0 bridgehead atoms. The number of unbranched alkanes of at least 4 members (excludes halogenated alkanes) is 3. The SMILES string of the molecule is COc1cc(NCCCCCCN2CCN(CC(C)O)CC2)c2nccc(C)c2c1. The number of aryl methyl sites for hydroxylation is 1. The van der Waals surface area contributed by atoms with E-state index >= 15 is 0 Å². The van der Waals surface area contributed by atoms with Gasteiger partial charge < -0.3 is 20.1 Å². The molecule has 2 aromatic rings. The molecule has 166 valence electrons. The monoisotopic (exact) mass is 414 g/mol. The average Bonchev–Trinajstić information content (AvgIpc) is 2.74. The van der Waals surface area contributed by atoms with E-state index in [1.165, 1.54) is 31.4 Å². The molecule has 0 amide bonds. The number of hydrogen-bond acceptors (Lipinski definition) is 6. The number of pyridine rings is 1. The van der Waals surface area contributed by atoms with Crippen LogP contribution in [0.3, 0.4) is 0 Å². The molecule has 0 aliphatic carbocycles. The molecular formula is C24H38N4O2. The first-order valence-electron chi connectivity index (χ1n) is 11.4. The van der Waals surface area contributed by atoms with E-state index in [1.807, 2.05) is 25.3 Å². The summed E-state index contributed by atoms with van der Waals surface area (Å²) in [5.41, 5.74) is 3.29. The molecule has 1 unspecified atom stereocenters. The van der Waals surface area contributed by atoms with Gasteiger partial charge in [0.25, 0.3) is 0 Å². The summed E-state index contributed by atoms with van der Waals surface area (Å²) in [7, 11) is 1.71. The molecule has 6 heteroatoms. The second kappa shape index (κ2) is 11.5. The highest BCUT2D eigenvalue weighted by Crippen LogP contribution is 2.29. The number of piperazine rings is 1. The summed E-state index contributed by atoms with van der Waals surface area (Å²) in [5, 5.41) is 14.2. The average molecular weight is 415 g/mol. The van der Waals surface area contributed by atoms with Gasteiger partial charge in [-0.1, -0.05) is 12.8 Å². The van der Waals surface area contributed by atoms with Gasteiger partial charge in [0.15, 0.2) is 0 Å². The van der Waals surface area contributed by atoms with Crippen LogP contribution in [-0.4, -0.2) is 78.9 Å². The summed E-state index contributed by atoms with van der Waals surface area (Å²) in [6.07, 6.45) is 6.58. The molecule has 0 saturated carbocycles. The Morgan fingerprint density at radius 2 is 1.83 bits per heavy atom. The summed E-state index contributed by atoms with van der Waals surface area (Å²) in [5.74, 6) is 0.870. The number of ether oxygens (including phenoxy) is 1.